The molecule has 0 radical (unpaired) electrons. The van der Waals surface area contributed by atoms with E-state index in [1.165, 1.54) is 0 Å². The van der Waals surface area contributed by atoms with Crippen molar-refractivity contribution in [1.82, 2.24) is 10.3 Å². The molecule has 0 fully saturated rings. The SMILES string of the molecule is CSc1ccc(NC(=O)C(=O)NCc2ccnc(N(C)C)c2)cc1. The number of hydrogen-bond donors (Lipinski definition) is 2. The first-order valence-electron chi connectivity index (χ1n) is 7.35. The maximum absolute atomic E-state index is 11.9. The number of carbonyl (C=O) groups excluding carboxylic acids is 2. The number of thioether (sulfide) groups is 1. The lowest BCUT2D eigenvalue weighted by Crippen LogP contribution is -2.35. The highest BCUT2D eigenvalue weighted by atomic mass is 32.2. The monoisotopic (exact) mass is 344 g/mol. The molecule has 7 heteroatoms. The molecule has 126 valence electrons. The summed E-state index contributed by atoms with van der Waals surface area (Å²) in [4.78, 5) is 31.0. The summed E-state index contributed by atoms with van der Waals surface area (Å²) in [5.41, 5.74) is 1.46. The minimum Gasteiger partial charge on any atom is -0.363 e. The maximum atomic E-state index is 11.9. The van der Waals surface area contributed by atoms with Crippen molar-refractivity contribution in [3.05, 3.63) is 48.2 Å². The lowest BCUT2D eigenvalue weighted by Gasteiger charge is -2.12. The Kier molecular flexibility index (Phi) is 6.20. The van der Waals surface area contributed by atoms with Gasteiger partial charge in [0.25, 0.3) is 0 Å². The van der Waals surface area contributed by atoms with Crippen molar-refractivity contribution >= 4 is 35.1 Å². The fraction of sp³-hybridized carbons (Fsp3) is 0.235. The molecule has 0 aliphatic heterocycles. The van der Waals surface area contributed by atoms with Crippen LogP contribution in [0.15, 0.2) is 47.5 Å². The Hall–Kier alpha value is -2.54. The number of aromatic nitrogens is 1. The first-order chi connectivity index (χ1) is 11.5. The molecule has 2 amide bonds. The lowest BCUT2D eigenvalue weighted by molar-refractivity contribution is -0.136. The molecule has 0 saturated heterocycles. The summed E-state index contributed by atoms with van der Waals surface area (Å²) in [5, 5.41) is 5.18. The molecule has 0 saturated carbocycles. The summed E-state index contributed by atoms with van der Waals surface area (Å²) >= 11 is 1.61. The minimum atomic E-state index is -0.686. The van der Waals surface area contributed by atoms with Gasteiger partial charge in [-0.15, -0.1) is 11.8 Å². The second-order valence-electron chi connectivity index (χ2n) is 5.28. The van der Waals surface area contributed by atoms with Crippen LogP contribution >= 0.6 is 11.8 Å². The highest BCUT2D eigenvalue weighted by Crippen LogP contribution is 2.17. The van der Waals surface area contributed by atoms with Crippen molar-refractivity contribution in [3.63, 3.8) is 0 Å². The molecule has 0 atom stereocenters. The van der Waals surface area contributed by atoms with Crippen LogP contribution in [0.1, 0.15) is 5.56 Å². The number of hydrogen-bond acceptors (Lipinski definition) is 5. The predicted molar refractivity (Wildman–Crippen MR) is 97.3 cm³/mol. The van der Waals surface area contributed by atoms with Crippen LogP contribution in [0.5, 0.6) is 0 Å². The number of anilines is 2. The molecule has 0 bridgehead atoms. The van der Waals surface area contributed by atoms with E-state index < -0.39 is 11.8 Å². The highest BCUT2D eigenvalue weighted by molar-refractivity contribution is 7.98. The molecule has 2 rings (SSSR count). The fourth-order valence-corrected chi connectivity index (χ4v) is 2.35. The minimum absolute atomic E-state index is 0.265. The summed E-state index contributed by atoms with van der Waals surface area (Å²) in [5.74, 6) is -0.568. The molecule has 2 aromatic rings. The van der Waals surface area contributed by atoms with Crippen LogP contribution in [-0.2, 0) is 16.1 Å². The van der Waals surface area contributed by atoms with E-state index in [1.807, 2.05) is 43.5 Å². The molecule has 1 heterocycles. The number of carbonyl (C=O) groups is 2. The third kappa shape index (κ3) is 4.99. The van der Waals surface area contributed by atoms with Gasteiger partial charge in [-0.2, -0.15) is 0 Å². The Morgan fingerprint density at radius 2 is 1.83 bits per heavy atom. The maximum Gasteiger partial charge on any atom is 0.313 e. The highest BCUT2D eigenvalue weighted by Gasteiger charge is 2.13. The zero-order chi connectivity index (χ0) is 17.5. The quantitative estimate of drug-likeness (QED) is 0.642. The lowest BCUT2D eigenvalue weighted by atomic mass is 10.2. The molecule has 0 unspecified atom stereocenters. The van der Waals surface area contributed by atoms with Crippen molar-refractivity contribution in [2.75, 3.05) is 30.6 Å². The average Bonchev–Trinajstić information content (AvgIpc) is 2.60. The molecule has 6 nitrogen and oxygen atoms in total. The van der Waals surface area contributed by atoms with Crippen LogP contribution in [0.3, 0.4) is 0 Å². The van der Waals surface area contributed by atoms with E-state index in [0.29, 0.717) is 5.69 Å². The van der Waals surface area contributed by atoms with E-state index in [0.717, 1.165) is 16.3 Å². The van der Waals surface area contributed by atoms with Crippen molar-refractivity contribution in [2.45, 2.75) is 11.4 Å². The topological polar surface area (TPSA) is 74.3 Å². The summed E-state index contributed by atoms with van der Waals surface area (Å²) in [7, 11) is 3.78. The van der Waals surface area contributed by atoms with Gasteiger partial charge in [-0.1, -0.05) is 0 Å². The molecule has 0 spiro atoms. The number of amides is 2. The van der Waals surface area contributed by atoms with E-state index in [4.69, 9.17) is 0 Å². The van der Waals surface area contributed by atoms with Gasteiger partial charge in [0.1, 0.15) is 5.82 Å². The Morgan fingerprint density at radius 3 is 2.46 bits per heavy atom. The summed E-state index contributed by atoms with van der Waals surface area (Å²) in [6, 6.07) is 11.0. The normalized spacial score (nSPS) is 10.1. The van der Waals surface area contributed by atoms with Crippen LogP contribution in [0.4, 0.5) is 11.5 Å². The van der Waals surface area contributed by atoms with E-state index in [2.05, 4.69) is 15.6 Å². The first kappa shape index (κ1) is 17.8. The number of benzene rings is 1. The van der Waals surface area contributed by atoms with Gasteiger partial charge >= 0.3 is 11.8 Å². The van der Waals surface area contributed by atoms with E-state index >= 15 is 0 Å². The Balaban J connectivity index is 1.89. The molecule has 1 aromatic carbocycles. The van der Waals surface area contributed by atoms with Crippen LogP contribution in [0, 0.1) is 0 Å². The van der Waals surface area contributed by atoms with Gasteiger partial charge in [-0.3, -0.25) is 9.59 Å². The molecular formula is C17H20N4O2S. The second-order valence-corrected chi connectivity index (χ2v) is 6.16. The van der Waals surface area contributed by atoms with Crippen molar-refractivity contribution < 1.29 is 9.59 Å². The van der Waals surface area contributed by atoms with Crippen LogP contribution < -0.4 is 15.5 Å². The Morgan fingerprint density at radius 1 is 1.12 bits per heavy atom. The van der Waals surface area contributed by atoms with Gasteiger partial charge in [0.05, 0.1) is 0 Å². The molecular weight excluding hydrogens is 324 g/mol. The summed E-state index contributed by atoms with van der Waals surface area (Å²) < 4.78 is 0. The number of nitrogens with one attached hydrogen (secondary N) is 2. The van der Waals surface area contributed by atoms with E-state index in [-0.39, 0.29) is 6.54 Å². The fourth-order valence-electron chi connectivity index (χ4n) is 1.94. The van der Waals surface area contributed by atoms with E-state index in [1.54, 1.807) is 36.2 Å². The van der Waals surface area contributed by atoms with Gasteiger partial charge in [0.15, 0.2) is 0 Å². The Labute approximate surface area is 145 Å². The van der Waals surface area contributed by atoms with Crippen molar-refractivity contribution in [2.24, 2.45) is 0 Å². The average molecular weight is 344 g/mol. The van der Waals surface area contributed by atoms with Gasteiger partial charge in [0.2, 0.25) is 0 Å². The standard InChI is InChI=1S/C17H20N4O2S/c1-21(2)15-10-12(8-9-18-15)11-19-16(22)17(23)20-13-4-6-14(24-3)7-5-13/h4-10H,11H2,1-3H3,(H,19,22)(H,20,23). The largest absolute Gasteiger partial charge is 0.363 e. The van der Waals surface area contributed by atoms with Crippen molar-refractivity contribution in [1.29, 1.82) is 0 Å². The summed E-state index contributed by atoms with van der Waals surface area (Å²) in [6.07, 6.45) is 3.64. The van der Waals surface area contributed by atoms with Crippen LogP contribution in [0.25, 0.3) is 0 Å². The number of rotatable bonds is 5. The van der Waals surface area contributed by atoms with Gasteiger partial charge in [0, 0.05) is 37.4 Å². The number of nitrogens with zero attached hydrogens (tertiary/aromatic N) is 2. The third-order valence-corrected chi connectivity index (χ3v) is 4.02. The van der Waals surface area contributed by atoms with Gasteiger partial charge in [-0.25, -0.2) is 4.98 Å². The predicted octanol–water partition coefficient (Wildman–Crippen LogP) is 2.12. The summed E-state index contributed by atoms with van der Waals surface area (Å²) in [6.45, 7) is 0.265. The second kappa shape index (κ2) is 8.35. The number of pyridine rings is 1. The molecule has 1 aromatic heterocycles. The van der Waals surface area contributed by atoms with E-state index in [9.17, 15) is 9.59 Å². The molecule has 24 heavy (non-hydrogen) atoms. The Bertz CT molecular complexity index is 717. The smallest absolute Gasteiger partial charge is 0.313 e. The zero-order valence-corrected chi connectivity index (χ0v) is 14.7. The van der Waals surface area contributed by atoms with Crippen LogP contribution in [0.2, 0.25) is 0 Å². The van der Waals surface area contributed by atoms with Gasteiger partial charge in [-0.05, 0) is 48.2 Å². The first-order valence-corrected chi connectivity index (χ1v) is 8.57. The third-order valence-electron chi connectivity index (χ3n) is 3.28. The molecule has 2 N–H and O–H groups in total. The van der Waals surface area contributed by atoms with Gasteiger partial charge < -0.3 is 15.5 Å². The molecule has 0 aliphatic carbocycles. The van der Waals surface area contributed by atoms with Crippen LogP contribution in [-0.4, -0.2) is 37.1 Å². The van der Waals surface area contributed by atoms with Crippen molar-refractivity contribution in [3.8, 4) is 0 Å². The zero-order valence-electron chi connectivity index (χ0n) is 13.9. The molecule has 0 aliphatic rings.